The summed E-state index contributed by atoms with van der Waals surface area (Å²) in [6.07, 6.45) is 10.9. The minimum Gasteiger partial charge on any atom is -0.465 e. The number of esters is 2. The molecule has 0 spiro atoms. The van der Waals surface area contributed by atoms with Crippen LogP contribution in [0.15, 0.2) is 0 Å². The Morgan fingerprint density at radius 2 is 1.04 bits per heavy atom. The van der Waals surface area contributed by atoms with E-state index in [0.29, 0.717) is 25.0 Å². The molecule has 2 aliphatic heterocycles. The maximum atomic E-state index is 12.3. The molecule has 4 nitrogen and oxygen atoms in total. The van der Waals surface area contributed by atoms with Crippen LogP contribution in [0, 0.1) is 23.7 Å². The first-order valence-corrected chi connectivity index (χ1v) is 13.2. The van der Waals surface area contributed by atoms with Crippen molar-refractivity contribution in [3.05, 3.63) is 0 Å². The maximum Gasteiger partial charge on any atom is 0.308 e. The Labute approximate surface area is 176 Å². The second-order valence-electron chi connectivity index (χ2n) is 9.59. The molecule has 0 aromatic carbocycles. The summed E-state index contributed by atoms with van der Waals surface area (Å²) in [5.74, 6) is 1.37. The fraction of sp³-hybridized carbons (Fsp3) is 0.909. The van der Waals surface area contributed by atoms with Gasteiger partial charge in [0.25, 0.3) is 0 Å². The van der Waals surface area contributed by atoms with Crippen LogP contribution in [0.1, 0.15) is 64.2 Å². The highest BCUT2D eigenvalue weighted by molar-refractivity contribution is 8.08. The fourth-order valence-corrected chi connectivity index (χ4v) is 7.88. The molecule has 28 heavy (non-hydrogen) atoms. The van der Waals surface area contributed by atoms with Gasteiger partial charge in [-0.2, -0.15) is 23.5 Å². The van der Waals surface area contributed by atoms with Crippen LogP contribution in [0.5, 0.6) is 0 Å². The van der Waals surface area contributed by atoms with Crippen molar-refractivity contribution >= 4 is 35.5 Å². The summed E-state index contributed by atoms with van der Waals surface area (Å²) < 4.78 is 11.4. The summed E-state index contributed by atoms with van der Waals surface area (Å²) in [6, 6.07) is 0. The number of carbonyl (C=O) groups is 2. The third-order valence-electron chi connectivity index (χ3n) is 7.56. The van der Waals surface area contributed by atoms with Crippen molar-refractivity contribution in [2.45, 2.75) is 85.2 Å². The Morgan fingerprint density at radius 1 is 0.607 bits per heavy atom. The van der Waals surface area contributed by atoms with E-state index in [4.69, 9.17) is 9.47 Å². The average molecular weight is 425 g/mol. The zero-order valence-electron chi connectivity index (χ0n) is 16.6. The zero-order chi connectivity index (χ0) is 19.1. The SMILES string of the molecule is O=C(OCC1CCC(COC(=O)C2CCC3SC3C2)CC1)C1CCC2SC2C1. The largest absolute Gasteiger partial charge is 0.465 e. The van der Waals surface area contributed by atoms with Gasteiger partial charge in [0.15, 0.2) is 0 Å². The normalized spacial score (nSPS) is 44.0. The Bertz CT molecular complexity index is 551. The summed E-state index contributed by atoms with van der Waals surface area (Å²) in [5.41, 5.74) is 0. The molecule has 0 aromatic heterocycles. The second kappa shape index (κ2) is 8.41. The smallest absolute Gasteiger partial charge is 0.308 e. The Kier molecular flexibility index (Phi) is 5.88. The van der Waals surface area contributed by atoms with Crippen LogP contribution in [0.2, 0.25) is 0 Å². The lowest BCUT2D eigenvalue weighted by Crippen LogP contribution is -2.29. The van der Waals surface area contributed by atoms with Gasteiger partial charge in [0, 0.05) is 21.0 Å². The van der Waals surface area contributed by atoms with E-state index in [0.717, 1.165) is 72.4 Å². The predicted molar refractivity (Wildman–Crippen MR) is 112 cm³/mol. The molecule has 156 valence electrons. The average Bonchev–Trinajstić information content (AvgIpc) is 3.63. The van der Waals surface area contributed by atoms with Crippen molar-refractivity contribution in [3.63, 3.8) is 0 Å². The first-order chi connectivity index (χ1) is 13.7. The topological polar surface area (TPSA) is 52.6 Å². The molecular weight excluding hydrogens is 392 g/mol. The van der Waals surface area contributed by atoms with E-state index in [1.54, 1.807) is 0 Å². The van der Waals surface area contributed by atoms with Crippen LogP contribution in [0.3, 0.4) is 0 Å². The second-order valence-corrected chi connectivity index (χ2v) is 12.6. The van der Waals surface area contributed by atoms with Gasteiger partial charge in [-0.25, -0.2) is 0 Å². The monoisotopic (exact) mass is 424 g/mol. The van der Waals surface area contributed by atoms with E-state index in [1.165, 1.54) is 12.8 Å². The van der Waals surface area contributed by atoms with E-state index in [1.807, 2.05) is 23.5 Å². The number of thioether (sulfide) groups is 2. The van der Waals surface area contributed by atoms with Crippen LogP contribution in [0.4, 0.5) is 0 Å². The maximum absolute atomic E-state index is 12.3. The van der Waals surface area contributed by atoms with E-state index in [-0.39, 0.29) is 23.8 Å². The summed E-state index contributed by atoms with van der Waals surface area (Å²) in [6.45, 7) is 1.18. The molecule has 3 aliphatic carbocycles. The van der Waals surface area contributed by atoms with Crippen LogP contribution in [0.25, 0.3) is 0 Å². The standard InChI is InChI=1S/C22H32O4S2/c23-21(15-5-7-17-19(9-15)27-17)25-11-13-1-2-14(4-3-13)12-26-22(24)16-6-8-18-20(10-16)28-18/h13-20H,1-12H2. The Balaban J connectivity index is 0.961. The molecule has 0 amide bonds. The van der Waals surface area contributed by atoms with Crippen LogP contribution in [-0.2, 0) is 19.1 Å². The minimum absolute atomic E-state index is 0.0468. The van der Waals surface area contributed by atoms with Gasteiger partial charge in [0.1, 0.15) is 0 Å². The van der Waals surface area contributed by atoms with Gasteiger partial charge >= 0.3 is 11.9 Å². The van der Waals surface area contributed by atoms with Gasteiger partial charge in [-0.05, 0) is 76.0 Å². The van der Waals surface area contributed by atoms with Crippen molar-refractivity contribution in [3.8, 4) is 0 Å². The minimum atomic E-state index is 0.0468. The van der Waals surface area contributed by atoms with Crippen molar-refractivity contribution in [2.24, 2.45) is 23.7 Å². The lowest BCUT2D eigenvalue weighted by Gasteiger charge is -2.29. The molecule has 0 aromatic rings. The highest BCUT2D eigenvalue weighted by Crippen LogP contribution is 2.53. The van der Waals surface area contributed by atoms with E-state index in [2.05, 4.69) is 0 Å². The first kappa shape index (κ1) is 19.6. The molecule has 6 unspecified atom stereocenters. The summed E-state index contributed by atoms with van der Waals surface area (Å²) in [4.78, 5) is 24.7. The third-order valence-corrected chi connectivity index (χ3v) is 10.5. The molecule has 2 heterocycles. The van der Waals surface area contributed by atoms with Gasteiger partial charge < -0.3 is 9.47 Å². The Morgan fingerprint density at radius 3 is 1.43 bits per heavy atom. The summed E-state index contributed by atoms with van der Waals surface area (Å²) in [5, 5.41) is 3.16. The highest BCUT2D eigenvalue weighted by Gasteiger charge is 2.46. The predicted octanol–water partition coefficient (Wildman–Crippen LogP) is 4.45. The molecular formula is C22H32O4S2. The molecule has 5 fully saturated rings. The quantitative estimate of drug-likeness (QED) is 0.464. The fourth-order valence-electron chi connectivity index (χ4n) is 5.44. The highest BCUT2D eigenvalue weighted by atomic mass is 32.2. The van der Waals surface area contributed by atoms with Gasteiger partial charge in [-0.15, -0.1) is 0 Å². The van der Waals surface area contributed by atoms with Crippen molar-refractivity contribution in [1.29, 1.82) is 0 Å². The molecule has 5 aliphatic rings. The number of fused-ring (bicyclic) bond motifs is 2. The van der Waals surface area contributed by atoms with E-state index in [9.17, 15) is 9.59 Å². The molecule has 2 saturated heterocycles. The molecule has 6 heteroatoms. The van der Waals surface area contributed by atoms with Gasteiger partial charge in [0.05, 0.1) is 25.0 Å². The number of ether oxygens (including phenoxy) is 2. The number of hydrogen-bond donors (Lipinski definition) is 0. The van der Waals surface area contributed by atoms with Crippen LogP contribution in [-0.4, -0.2) is 46.2 Å². The van der Waals surface area contributed by atoms with E-state index < -0.39 is 0 Å². The lowest BCUT2D eigenvalue weighted by molar-refractivity contribution is -0.153. The molecule has 6 atom stereocenters. The first-order valence-electron chi connectivity index (χ1n) is 11.3. The van der Waals surface area contributed by atoms with Crippen LogP contribution >= 0.6 is 23.5 Å². The van der Waals surface area contributed by atoms with Crippen molar-refractivity contribution in [1.82, 2.24) is 0 Å². The van der Waals surface area contributed by atoms with E-state index >= 15 is 0 Å². The number of rotatable bonds is 6. The number of hydrogen-bond acceptors (Lipinski definition) is 6. The van der Waals surface area contributed by atoms with Crippen LogP contribution < -0.4 is 0 Å². The number of carbonyl (C=O) groups excluding carboxylic acids is 2. The van der Waals surface area contributed by atoms with Crippen molar-refractivity contribution < 1.29 is 19.1 Å². The zero-order valence-corrected chi connectivity index (χ0v) is 18.2. The van der Waals surface area contributed by atoms with Gasteiger partial charge in [-0.1, -0.05) is 0 Å². The molecule has 0 N–H and O–H groups in total. The van der Waals surface area contributed by atoms with Gasteiger partial charge in [-0.3, -0.25) is 9.59 Å². The molecule has 0 bridgehead atoms. The Hall–Kier alpha value is -0.360. The third kappa shape index (κ3) is 4.69. The molecule has 3 saturated carbocycles. The summed E-state index contributed by atoms with van der Waals surface area (Å²) >= 11 is 4.08. The summed E-state index contributed by atoms with van der Waals surface area (Å²) in [7, 11) is 0. The van der Waals surface area contributed by atoms with Gasteiger partial charge in [0.2, 0.25) is 0 Å². The lowest BCUT2D eigenvalue weighted by atomic mass is 9.82. The molecule has 5 rings (SSSR count). The van der Waals surface area contributed by atoms with Crippen molar-refractivity contribution in [2.75, 3.05) is 13.2 Å². The molecule has 0 radical (unpaired) electrons.